The van der Waals surface area contributed by atoms with Gasteiger partial charge in [0, 0.05) is 19.1 Å². The molecule has 0 spiro atoms. The van der Waals surface area contributed by atoms with Gasteiger partial charge < -0.3 is 10.5 Å². The molecule has 0 heterocycles. The molecule has 0 saturated heterocycles. The zero-order valence-corrected chi connectivity index (χ0v) is 13.2. The van der Waals surface area contributed by atoms with Crippen LogP contribution < -0.4 is 10.5 Å². The van der Waals surface area contributed by atoms with Gasteiger partial charge in [0.05, 0.1) is 7.11 Å². The summed E-state index contributed by atoms with van der Waals surface area (Å²) in [7, 11) is -1.35. The number of rotatable bonds is 5. The molecule has 118 valence electrons. The van der Waals surface area contributed by atoms with Crippen LogP contribution in [0.4, 0.5) is 4.79 Å². The van der Waals surface area contributed by atoms with Crippen LogP contribution in [0.25, 0.3) is 0 Å². The SMILES string of the molecule is CCC1CCC(CN)(N(C)S(=O)(=O)NC(=O)OC)CC1. The van der Waals surface area contributed by atoms with Crippen LogP contribution in [-0.2, 0) is 14.9 Å². The lowest BCUT2D eigenvalue weighted by atomic mass is 9.75. The maximum Gasteiger partial charge on any atom is 0.421 e. The summed E-state index contributed by atoms with van der Waals surface area (Å²) < 4.78 is 31.7. The summed E-state index contributed by atoms with van der Waals surface area (Å²) in [5.74, 6) is 0.624. The van der Waals surface area contributed by atoms with Crippen molar-refractivity contribution < 1.29 is 17.9 Å². The van der Waals surface area contributed by atoms with Crippen LogP contribution in [0.5, 0.6) is 0 Å². The van der Waals surface area contributed by atoms with Crippen LogP contribution in [0, 0.1) is 5.92 Å². The minimum absolute atomic E-state index is 0.238. The summed E-state index contributed by atoms with van der Waals surface area (Å²) in [5, 5.41) is 0. The lowest BCUT2D eigenvalue weighted by molar-refractivity contribution is 0.126. The van der Waals surface area contributed by atoms with Gasteiger partial charge >= 0.3 is 16.3 Å². The summed E-state index contributed by atoms with van der Waals surface area (Å²) >= 11 is 0. The molecule has 1 rings (SSSR count). The number of nitrogens with zero attached hydrogens (tertiary/aromatic N) is 1. The fourth-order valence-electron chi connectivity index (χ4n) is 2.74. The first kappa shape index (κ1) is 17.2. The molecule has 0 aromatic heterocycles. The van der Waals surface area contributed by atoms with E-state index in [0.717, 1.165) is 26.4 Å². The molecule has 8 heteroatoms. The van der Waals surface area contributed by atoms with Crippen molar-refractivity contribution in [1.29, 1.82) is 0 Å². The summed E-state index contributed by atoms with van der Waals surface area (Å²) in [5.41, 5.74) is 5.22. The molecule has 20 heavy (non-hydrogen) atoms. The Kier molecular flexibility index (Phi) is 5.79. The van der Waals surface area contributed by atoms with Crippen molar-refractivity contribution in [2.45, 2.75) is 44.6 Å². The van der Waals surface area contributed by atoms with Crippen molar-refractivity contribution in [2.75, 3.05) is 20.7 Å². The average molecular weight is 307 g/mol. The molecule has 1 aliphatic carbocycles. The second kappa shape index (κ2) is 6.73. The van der Waals surface area contributed by atoms with E-state index in [1.54, 1.807) is 0 Å². The zero-order chi connectivity index (χ0) is 15.4. The van der Waals surface area contributed by atoms with E-state index in [9.17, 15) is 13.2 Å². The van der Waals surface area contributed by atoms with E-state index >= 15 is 0 Å². The summed E-state index contributed by atoms with van der Waals surface area (Å²) in [6, 6.07) is 0. The first-order chi connectivity index (χ1) is 9.31. The molecule has 1 amide bonds. The van der Waals surface area contributed by atoms with Gasteiger partial charge in [0.2, 0.25) is 0 Å². The van der Waals surface area contributed by atoms with Gasteiger partial charge in [-0.25, -0.2) is 9.52 Å². The normalized spacial score (nSPS) is 27.4. The van der Waals surface area contributed by atoms with Gasteiger partial charge in [-0.15, -0.1) is 0 Å². The van der Waals surface area contributed by atoms with Crippen molar-refractivity contribution in [1.82, 2.24) is 9.03 Å². The summed E-state index contributed by atoms with van der Waals surface area (Å²) in [6.07, 6.45) is 3.42. The van der Waals surface area contributed by atoms with E-state index in [1.165, 1.54) is 11.4 Å². The molecular formula is C12H25N3O4S. The van der Waals surface area contributed by atoms with Gasteiger partial charge in [0.25, 0.3) is 0 Å². The largest absolute Gasteiger partial charge is 0.452 e. The second-order valence-corrected chi connectivity index (χ2v) is 7.05. The smallest absolute Gasteiger partial charge is 0.421 e. The Balaban J connectivity index is 2.86. The van der Waals surface area contributed by atoms with Gasteiger partial charge in [-0.1, -0.05) is 13.3 Å². The lowest BCUT2D eigenvalue weighted by Gasteiger charge is -2.44. The first-order valence-electron chi connectivity index (χ1n) is 6.86. The van der Waals surface area contributed by atoms with E-state index in [0.29, 0.717) is 18.8 Å². The third-order valence-corrected chi connectivity index (χ3v) is 5.95. The number of carbonyl (C=O) groups is 1. The molecule has 0 aromatic rings. The third-order valence-electron chi connectivity index (χ3n) is 4.42. The number of carbonyl (C=O) groups excluding carboxylic acids is 1. The Morgan fingerprint density at radius 3 is 2.40 bits per heavy atom. The lowest BCUT2D eigenvalue weighted by Crippen LogP contribution is -2.59. The Hall–Kier alpha value is -0.860. The highest BCUT2D eigenvalue weighted by molar-refractivity contribution is 7.87. The van der Waals surface area contributed by atoms with Crippen LogP contribution in [0.2, 0.25) is 0 Å². The van der Waals surface area contributed by atoms with Gasteiger partial charge in [-0.3, -0.25) is 0 Å². The predicted molar refractivity (Wildman–Crippen MR) is 76.3 cm³/mol. The number of methoxy groups -OCH3 is 1. The zero-order valence-electron chi connectivity index (χ0n) is 12.4. The van der Waals surface area contributed by atoms with Gasteiger partial charge in [0.15, 0.2) is 0 Å². The predicted octanol–water partition coefficient (Wildman–Crippen LogP) is 0.817. The van der Waals surface area contributed by atoms with Crippen molar-refractivity contribution >= 4 is 16.3 Å². The van der Waals surface area contributed by atoms with Gasteiger partial charge in [-0.2, -0.15) is 12.7 Å². The second-order valence-electron chi connectivity index (χ2n) is 5.35. The molecule has 1 saturated carbocycles. The Morgan fingerprint density at radius 2 is 2.00 bits per heavy atom. The highest BCUT2D eigenvalue weighted by Crippen LogP contribution is 2.37. The fourth-order valence-corrected chi connectivity index (χ4v) is 3.94. The van der Waals surface area contributed by atoms with E-state index in [1.807, 2.05) is 4.72 Å². The first-order valence-corrected chi connectivity index (χ1v) is 8.30. The number of nitrogens with two attached hydrogens (primary N) is 1. The van der Waals surface area contributed by atoms with E-state index in [-0.39, 0.29) is 6.54 Å². The number of likely N-dealkylation sites (N-methyl/N-ethyl adjacent to an activating group) is 1. The monoisotopic (exact) mass is 307 g/mol. The van der Waals surface area contributed by atoms with Crippen molar-refractivity contribution in [3.05, 3.63) is 0 Å². The molecular weight excluding hydrogens is 282 g/mol. The minimum atomic E-state index is -3.94. The maximum absolute atomic E-state index is 12.2. The van der Waals surface area contributed by atoms with Gasteiger partial charge in [-0.05, 0) is 31.6 Å². The van der Waals surface area contributed by atoms with E-state index in [2.05, 4.69) is 11.7 Å². The topological polar surface area (TPSA) is 102 Å². The molecule has 1 fully saturated rings. The number of amides is 1. The fraction of sp³-hybridized carbons (Fsp3) is 0.917. The highest BCUT2D eigenvalue weighted by atomic mass is 32.2. The molecule has 0 radical (unpaired) electrons. The number of hydrogen-bond donors (Lipinski definition) is 2. The Labute approximate surface area is 121 Å². The molecule has 0 unspecified atom stereocenters. The number of hydrogen-bond acceptors (Lipinski definition) is 5. The van der Waals surface area contributed by atoms with Crippen molar-refractivity contribution in [3.8, 4) is 0 Å². The Morgan fingerprint density at radius 1 is 1.45 bits per heavy atom. The van der Waals surface area contributed by atoms with E-state index in [4.69, 9.17) is 5.73 Å². The standard InChI is InChI=1S/C12H25N3O4S/c1-4-10-5-7-12(9-13,8-6-10)15(2)20(17,18)14-11(16)19-3/h10H,4-9,13H2,1-3H3,(H,14,16). The van der Waals surface area contributed by atoms with Crippen LogP contribution in [0.1, 0.15) is 39.0 Å². The van der Waals surface area contributed by atoms with Crippen LogP contribution >= 0.6 is 0 Å². The van der Waals surface area contributed by atoms with Crippen LogP contribution in [0.15, 0.2) is 0 Å². The molecule has 0 atom stereocenters. The Bertz CT molecular complexity index is 430. The summed E-state index contributed by atoms with van der Waals surface area (Å²) in [6.45, 7) is 2.38. The molecule has 0 aromatic carbocycles. The number of nitrogens with one attached hydrogen (secondary N) is 1. The molecule has 0 aliphatic heterocycles. The maximum atomic E-state index is 12.2. The highest BCUT2D eigenvalue weighted by Gasteiger charge is 2.43. The third kappa shape index (κ3) is 3.62. The van der Waals surface area contributed by atoms with Crippen LogP contribution in [-0.4, -0.2) is 45.1 Å². The van der Waals surface area contributed by atoms with E-state index < -0.39 is 21.8 Å². The van der Waals surface area contributed by atoms with Crippen molar-refractivity contribution in [2.24, 2.45) is 11.7 Å². The molecule has 7 nitrogen and oxygen atoms in total. The minimum Gasteiger partial charge on any atom is -0.452 e. The molecule has 0 bridgehead atoms. The number of ether oxygens (including phenoxy) is 1. The van der Waals surface area contributed by atoms with Gasteiger partial charge in [0.1, 0.15) is 0 Å². The quantitative estimate of drug-likeness (QED) is 0.783. The van der Waals surface area contributed by atoms with Crippen LogP contribution in [0.3, 0.4) is 0 Å². The average Bonchev–Trinajstić information content (AvgIpc) is 2.45. The molecule has 1 aliphatic rings. The summed E-state index contributed by atoms with van der Waals surface area (Å²) in [4.78, 5) is 11.1. The molecule has 3 N–H and O–H groups in total. The van der Waals surface area contributed by atoms with Crippen molar-refractivity contribution in [3.63, 3.8) is 0 Å².